The molecular formula is C9H7Cl2FN4. The second-order valence-corrected chi connectivity index (χ2v) is 3.73. The van der Waals surface area contributed by atoms with E-state index in [1.54, 1.807) is 0 Å². The molecule has 2 aromatic rings. The zero-order chi connectivity index (χ0) is 11.7. The number of nitrogens with one attached hydrogen (secondary N) is 1. The number of H-pyrrole nitrogens is 1. The van der Waals surface area contributed by atoms with Crippen molar-refractivity contribution in [3.05, 3.63) is 23.2 Å². The molecule has 16 heavy (non-hydrogen) atoms. The largest absolute Gasteiger partial charge is 0.386 e. The summed E-state index contributed by atoms with van der Waals surface area (Å²) in [5.74, 6) is -0.511. The van der Waals surface area contributed by atoms with Crippen LogP contribution in [0, 0.1) is 5.82 Å². The summed E-state index contributed by atoms with van der Waals surface area (Å²) in [7, 11) is 0. The molecule has 0 saturated carbocycles. The van der Waals surface area contributed by atoms with Crippen LogP contribution in [-0.4, -0.2) is 21.7 Å². The van der Waals surface area contributed by atoms with Gasteiger partial charge in [-0.05, 0) is 6.07 Å². The predicted molar refractivity (Wildman–Crippen MR) is 63.1 cm³/mol. The van der Waals surface area contributed by atoms with Crippen LogP contribution in [0.2, 0.25) is 5.02 Å². The summed E-state index contributed by atoms with van der Waals surface area (Å²) in [5, 5.41) is 0.155. The van der Waals surface area contributed by atoms with Gasteiger partial charge in [0.15, 0.2) is 5.82 Å². The molecule has 0 atom stereocenters. The monoisotopic (exact) mass is 260 g/mol. The molecule has 0 bridgehead atoms. The van der Waals surface area contributed by atoms with Gasteiger partial charge in [-0.15, -0.1) is 11.6 Å². The maximum atomic E-state index is 13.9. The molecule has 0 radical (unpaired) electrons. The summed E-state index contributed by atoms with van der Waals surface area (Å²) in [6, 6.07) is 1.54. The van der Waals surface area contributed by atoms with E-state index in [0.29, 0.717) is 5.52 Å². The van der Waals surface area contributed by atoms with Gasteiger partial charge in [-0.3, -0.25) is 0 Å². The van der Waals surface area contributed by atoms with Crippen molar-refractivity contribution in [1.29, 1.82) is 0 Å². The van der Waals surface area contributed by atoms with E-state index in [2.05, 4.69) is 15.0 Å². The Morgan fingerprint density at radius 1 is 1.62 bits per heavy atom. The summed E-state index contributed by atoms with van der Waals surface area (Å²) in [5.41, 5.74) is 6.06. The molecule has 0 fully saturated rings. The van der Waals surface area contributed by atoms with Crippen molar-refractivity contribution in [1.82, 2.24) is 9.97 Å². The number of nitrogens with two attached hydrogens (primary N) is 1. The standard InChI is InChI=1S/C9H7Cl2FN4/c10-2-6(13)16-8-4(11)1-5-9(7(8)12)15-3-14-5/h1,3H,2H2,(H2,13,16)(H,14,15). The number of hydrogen-bond donors (Lipinski definition) is 2. The van der Waals surface area contributed by atoms with Gasteiger partial charge in [-0.1, -0.05) is 11.6 Å². The number of alkyl halides is 1. The molecule has 0 spiro atoms. The number of imidazole rings is 1. The van der Waals surface area contributed by atoms with Crippen LogP contribution in [0.1, 0.15) is 0 Å². The van der Waals surface area contributed by atoms with E-state index < -0.39 is 5.82 Å². The van der Waals surface area contributed by atoms with Crippen molar-refractivity contribution >= 4 is 45.8 Å². The molecule has 1 aromatic heterocycles. The fourth-order valence-electron chi connectivity index (χ4n) is 1.28. The Bertz CT molecular complexity index is 564. The van der Waals surface area contributed by atoms with Crippen molar-refractivity contribution in [2.45, 2.75) is 0 Å². The molecule has 0 aliphatic heterocycles. The van der Waals surface area contributed by atoms with E-state index in [9.17, 15) is 4.39 Å². The van der Waals surface area contributed by atoms with Crippen LogP contribution in [0.4, 0.5) is 10.1 Å². The third-order valence-electron chi connectivity index (χ3n) is 1.97. The molecule has 1 heterocycles. The summed E-state index contributed by atoms with van der Waals surface area (Å²) in [6.45, 7) is 0. The van der Waals surface area contributed by atoms with Gasteiger partial charge < -0.3 is 10.7 Å². The minimum atomic E-state index is -0.614. The first-order chi connectivity index (χ1) is 7.63. The van der Waals surface area contributed by atoms with E-state index in [-0.39, 0.29) is 27.9 Å². The molecule has 3 N–H and O–H groups in total. The van der Waals surface area contributed by atoms with Crippen molar-refractivity contribution in [2.75, 3.05) is 5.88 Å². The van der Waals surface area contributed by atoms with Crippen LogP contribution in [0.15, 0.2) is 17.4 Å². The maximum absolute atomic E-state index is 13.9. The summed E-state index contributed by atoms with van der Waals surface area (Å²) >= 11 is 11.3. The Hall–Kier alpha value is -1.33. The third kappa shape index (κ3) is 1.83. The minimum absolute atomic E-state index is 0.00831. The number of nitrogens with zero attached hydrogens (tertiary/aromatic N) is 2. The van der Waals surface area contributed by atoms with E-state index in [1.165, 1.54) is 12.4 Å². The Labute approximate surface area is 100 Å². The molecule has 2 rings (SSSR count). The van der Waals surface area contributed by atoms with Gasteiger partial charge in [0.05, 0.1) is 22.7 Å². The Kier molecular flexibility index (Phi) is 2.98. The summed E-state index contributed by atoms with van der Waals surface area (Å²) < 4.78 is 13.9. The molecular weight excluding hydrogens is 254 g/mol. The fourth-order valence-corrected chi connectivity index (χ4v) is 1.57. The van der Waals surface area contributed by atoms with Gasteiger partial charge in [-0.25, -0.2) is 14.4 Å². The number of amidine groups is 1. The highest BCUT2D eigenvalue weighted by Crippen LogP contribution is 2.32. The SMILES string of the molecule is NC(CCl)=Nc1c(Cl)cc2[nH]cnc2c1F. The molecule has 0 aliphatic carbocycles. The second-order valence-electron chi connectivity index (χ2n) is 3.06. The van der Waals surface area contributed by atoms with Crippen LogP contribution in [-0.2, 0) is 0 Å². The zero-order valence-corrected chi connectivity index (χ0v) is 9.48. The van der Waals surface area contributed by atoms with Gasteiger partial charge in [0.2, 0.25) is 0 Å². The van der Waals surface area contributed by atoms with E-state index in [0.717, 1.165) is 0 Å². The first kappa shape index (κ1) is 11.2. The van der Waals surface area contributed by atoms with Crippen LogP contribution in [0.3, 0.4) is 0 Å². The first-order valence-electron chi connectivity index (χ1n) is 4.33. The van der Waals surface area contributed by atoms with Gasteiger partial charge in [0.1, 0.15) is 17.0 Å². The highest BCUT2D eigenvalue weighted by molar-refractivity contribution is 6.34. The second kappa shape index (κ2) is 4.27. The minimum Gasteiger partial charge on any atom is -0.386 e. The average Bonchev–Trinajstić information content (AvgIpc) is 2.71. The van der Waals surface area contributed by atoms with Crippen LogP contribution < -0.4 is 5.73 Å². The number of aromatic nitrogens is 2. The third-order valence-corrected chi connectivity index (χ3v) is 2.54. The average molecular weight is 261 g/mol. The summed E-state index contributed by atoms with van der Waals surface area (Å²) in [6.07, 6.45) is 1.38. The van der Waals surface area contributed by atoms with E-state index in [4.69, 9.17) is 28.9 Å². The van der Waals surface area contributed by atoms with Crippen LogP contribution in [0.25, 0.3) is 11.0 Å². The smallest absolute Gasteiger partial charge is 0.178 e. The van der Waals surface area contributed by atoms with Crippen LogP contribution >= 0.6 is 23.2 Å². The predicted octanol–water partition coefficient (Wildman–Crippen LogP) is 2.58. The number of hydrogen-bond acceptors (Lipinski definition) is 2. The van der Waals surface area contributed by atoms with Crippen molar-refractivity contribution in [2.24, 2.45) is 10.7 Å². The van der Waals surface area contributed by atoms with Crippen LogP contribution in [0.5, 0.6) is 0 Å². The molecule has 0 saturated heterocycles. The number of aliphatic imine (C=N–C) groups is 1. The van der Waals surface area contributed by atoms with Gasteiger partial charge in [-0.2, -0.15) is 0 Å². The maximum Gasteiger partial charge on any atom is 0.178 e. The molecule has 0 amide bonds. The Balaban J connectivity index is 2.68. The molecule has 7 heteroatoms. The highest BCUT2D eigenvalue weighted by atomic mass is 35.5. The lowest BCUT2D eigenvalue weighted by Crippen LogP contribution is -2.12. The number of halogens is 3. The Morgan fingerprint density at radius 2 is 2.38 bits per heavy atom. The zero-order valence-electron chi connectivity index (χ0n) is 7.97. The fraction of sp³-hybridized carbons (Fsp3) is 0.111. The normalized spacial score (nSPS) is 12.3. The number of fused-ring (bicyclic) bond motifs is 1. The molecule has 0 unspecified atom stereocenters. The van der Waals surface area contributed by atoms with E-state index >= 15 is 0 Å². The molecule has 4 nitrogen and oxygen atoms in total. The lowest BCUT2D eigenvalue weighted by Gasteiger charge is -2.02. The number of aromatic amines is 1. The van der Waals surface area contributed by atoms with Crippen molar-refractivity contribution in [3.63, 3.8) is 0 Å². The van der Waals surface area contributed by atoms with Gasteiger partial charge >= 0.3 is 0 Å². The van der Waals surface area contributed by atoms with Gasteiger partial charge in [0, 0.05) is 0 Å². The first-order valence-corrected chi connectivity index (χ1v) is 5.24. The van der Waals surface area contributed by atoms with Crippen molar-refractivity contribution < 1.29 is 4.39 Å². The topological polar surface area (TPSA) is 67.1 Å². The van der Waals surface area contributed by atoms with Gasteiger partial charge in [0.25, 0.3) is 0 Å². The Morgan fingerprint density at radius 3 is 3.06 bits per heavy atom. The molecule has 1 aromatic carbocycles. The summed E-state index contributed by atoms with van der Waals surface area (Å²) in [4.78, 5) is 10.4. The molecule has 0 aliphatic rings. The number of rotatable bonds is 2. The van der Waals surface area contributed by atoms with Crippen molar-refractivity contribution in [3.8, 4) is 0 Å². The highest BCUT2D eigenvalue weighted by Gasteiger charge is 2.14. The quantitative estimate of drug-likeness (QED) is 0.495. The lowest BCUT2D eigenvalue weighted by molar-refractivity contribution is 0.639. The van der Waals surface area contributed by atoms with E-state index in [1.807, 2.05) is 0 Å². The lowest BCUT2D eigenvalue weighted by atomic mass is 10.2. The molecule has 84 valence electrons. The number of benzene rings is 1.